The van der Waals surface area contributed by atoms with Crippen LogP contribution >= 0.6 is 0 Å². The van der Waals surface area contributed by atoms with Gasteiger partial charge < -0.3 is 15.4 Å². The second kappa shape index (κ2) is 5.15. The van der Waals surface area contributed by atoms with E-state index in [0.29, 0.717) is 30.3 Å². The van der Waals surface area contributed by atoms with Crippen LogP contribution in [0.5, 0.6) is 5.75 Å². The standard InChI is InChI=1S/C13H19N5O3/c1-16(2)7-9(14)13-15-18(20)11-6-12-8(3-4-21-12)5-10(11)17(13)19/h5-6,9,19-20H,3-4,7,14H2,1-2H3. The third kappa shape index (κ3) is 2.42. The molecule has 0 saturated heterocycles. The molecule has 21 heavy (non-hydrogen) atoms. The Hall–Kier alpha value is -1.87. The van der Waals surface area contributed by atoms with Crippen LogP contribution in [0, 0.1) is 0 Å². The van der Waals surface area contributed by atoms with Crippen molar-refractivity contribution >= 4 is 17.2 Å². The first-order chi connectivity index (χ1) is 9.97. The second-order valence-corrected chi connectivity index (χ2v) is 5.48. The predicted molar refractivity (Wildman–Crippen MR) is 78.1 cm³/mol. The van der Waals surface area contributed by atoms with Gasteiger partial charge in [-0.15, -0.1) is 10.3 Å². The van der Waals surface area contributed by atoms with E-state index in [2.05, 4.69) is 5.10 Å². The first-order valence-electron chi connectivity index (χ1n) is 6.74. The molecule has 0 amide bonds. The molecule has 1 aromatic carbocycles. The zero-order chi connectivity index (χ0) is 15.1. The van der Waals surface area contributed by atoms with Gasteiger partial charge >= 0.3 is 0 Å². The zero-order valence-corrected chi connectivity index (χ0v) is 12.0. The fourth-order valence-electron chi connectivity index (χ4n) is 2.55. The van der Waals surface area contributed by atoms with Gasteiger partial charge in [-0.3, -0.25) is 10.4 Å². The highest BCUT2D eigenvalue weighted by atomic mass is 16.5. The molecule has 0 saturated carbocycles. The average molecular weight is 293 g/mol. The van der Waals surface area contributed by atoms with E-state index >= 15 is 0 Å². The van der Waals surface area contributed by atoms with Gasteiger partial charge in [-0.1, -0.05) is 0 Å². The number of amidine groups is 1. The van der Waals surface area contributed by atoms with Gasteiger partial charge in [-0.25, -0.2) is 5.06 Å². The Morgan fingerprint density at radius 1 is 1.38 bits per heavy atom. The average Bonchev–Trinajstić information content (AvgIpc) is 2.87. The Balaban J connectivity index is 1.96. The molecule has 4 N–H and O–H groups in total. The Morgan fingerprint density at radius 2 is 2.14 bits per heavy atom. The minimum atomic E-state index is -0.530. The summed E-state index contributed by atoms with van der Waals surface area (Å²) in [6.07, 6.45) is 0.776. The van der Waals surface area contributed by atoms with Crippen LogP contribution in [0.4, 0.5) is 11.4 Å². The number of ether oxygens (including phenoxy) is 1. The Bertz CT molecular complexity index is 589. The Labute approximate surface area is 122 Å². The molecule has 1 unspecified atom stereocenters. The summed E-state index contributed by atoms with van der Waals surface area (Å²) in [6.45, 7) is 1.09. The van der Waals surface area contributed by atoms with Gasteiger partial charge in [0.15, 0.2) is 5.84 Å². The number of likely N-dealkylation sites (N-methyl/N-ethyl adjacent to an activating group) is 1. The lowest BCUT2D eigenvalue weighted by Gasteiger charge is -2.32. The summed E-state index contributed by atoms with van der Waals surface area (Å²) in [5.74, 6) is 0.898. The van der Waals surface area contributed by atoms with Crippen molar-refractivity contribution in [2.45, 2.75) is 12.5 Å². The third-order valence-electron chi connectivity index (χ3n) is 3.54. The summed E-state index contributed by atoms with van der Waals surface area (Å²) < 4.78 is 5.46. The van der Waals surface area contributed by atoms with Crippen LogP contribution in [0.1, 0.15) is 5.56 Å². The highest BCUT2D eigenvalue weighted by molar-refractivity contribution is 6.04. The fourth-order valence-corrected chi connectivity index (χ4v) is 2.55. The monoisotopic (exact) mass is 293 g/mol. The van der Waals surface area contributed by atoms with Gasteiger partial charge in [-0.05, 0) is 25.7 Å². The fraction of sp³-hybridized carbons (Fsp3) is 0.462. The van der Waals surface area contributed by atoms with Crippen LogP contribution in [0.15, 0.2) is 17.2 Å². The van der Waals surface area contributed by atoms with Crippen LogP contribution in [-0.4, -0.2) is 54.4 Å². The first kappa shape index (κ1) is 14.1. The van der Waals surface area contributed by atoms with E-state index < -0.39 is 6.04 Å². The normalized spacial score (nSPS) is 18.3. The molecule has 0 aromatic heterocycles. The van der Waals surface area contributed by atoms with Gasteiger partial charge in [-0.2, -0.15) is 0 Å². The van der Waals surface area contributed by atoms with Crippen molar-refractivity contribution in [1.29, 1.82) is 0 Å². The maximum absolute atomic E-state index is 10.4. The molecule has 0 radical (unpaired) electrons. The van der Waals surface area contributed by atoms with E-state index in [1.807, 2.05) is 19.0 Å². The lowest BCUT2D eigenvalue weighted by atomic mass is 10.1. The van der Waals surface area contributed by atoms with Crippen molar-refractivity contribution < 1.29 is 15.2 Å². The number of hydrazone groups is 1. The molecule has 8 nitrogen and oxygen atoms in total. The van der Waals surface area contributed by atoms with Crippen LogP contribution in [0.25, 0.3) is 0 Å². The van der Waals surface area contributed by atoms with E-state index in [1.54, 1.807) is 12.1 Å². The van der Waals surface area contributed by atoms with Crippen molar-refractivity contribution in [1.82, 2.24) is 4.90 Å². The van der Waals surface area contributed by atoms with Gasteiger partial charge in [0.25, 0.3) is 0 Å². The second-order valence-electron chi connectivity index (χ2n) is 5.48. The molecule has 0 fully saturated rings. The molecule has 1 atom stereocenters. The highest BCUT2D eigenvalue weighted by Crippen LogP contribution is 2.40. The van der Waals surface area contributed by atoms with Crippen LogP contribution < -0.4 is 20.7 Å². The minimum Gasteiger partial charge on any atom is -0.493 e. The molecular weight excluding hydrogens is 274 g/mol. The summed E-state index contributed by atoms with van der Waals surface area (Å²) in [5, 5.41) is 26.1. The summed E-state index contributed by atoms with van der Waals surface area (Å²) in [4.78, 5) is 1.88. The summed E-state index contributed by atoms with van der Waals surface area (Å²) >= 11 is 0. The first-order valence-corrected chi connectivity index (χ1v) is 6.74. The van der Waals surface area contributed by atoms with Crippen LogP contribution in [0.3, 0.4) is 0 Å². The number of hydrogen-bond acceptors (Lipinski definition) is 8. The maximum Gasteiger partial charge on any atom is 0.175 e. The number of hydrogen-bond donors (Lipinski definition) is 3. The molecule has 8 heteroatoms. The smallest absolute Gasteiger partial charge is 0.175 e. The molecule has 0 bridgehead atoms. The number of benzene rings is 1. The van der Waals surface area contributed by atoms with Gasteiger partial charge in [0, 0.05) is 19.0 Å². The summed E-state index contributed by atoms with van der Waals surface area (Å²) in [6, 6.07) is 2.92. The summed E-state index contributed by atoms with van der Waals surface area (Å²) in [5.41, 5.74) is 7.83. The third-order valence-corrected chi connectivity index (χ3v) is 3.54. The highest BCUT2D eigenvalue weighted by Gasteiger charge is 2.31. The molecular formula is C13H19N5O3. The number of hydroxylamine groups is 1. The number of nitrogens with zero attached hydrogens (tertiary/aromatic N) is 4. The van der Waals surface area contributed by atoms with Crippen molar-refractivity contribution in [3.8, 4) is 5.75 Å². The molecule has 2 aliphatic rings. The zero-order valence-electron chi connectivity index (χ0n) is 12.0. The van der Waals surface area contributed by atoms with Crippen LogP contribution in [0.2, 0.25) is 0 Å². The van der Waals surface area contributed by atoms with E-state index in [-0.39, 0.29) is 5.84 Å². The number of fused-ring (bicyclic) bond motifs is 2. The van der Waals surface area contributed by atoms with E-state index in [4.69, 9.17) is 10.5 Å². The van der Waals surface area contributed by atoms with Gasteiger partial charge in [0.1, 0.15) is 11.4 Å². The lowest BCUT2D eigenvalue weighted by Crippen LogP contribution is -2.50. The lowest BCUT2D eigenvalue weighted by molar-refractivity contribution is 0.242. The van der Waals surface area contributed by atoms with Crippen molar-refractivity contribution in [3.05, 3.63) is 17.7 Å². The maximum atomic E-state index is 10.4. The quantitative estimate of drug-likeness (QED) is 0.733. The predicted octanol–water partition coefficient (Wildman–Crippen LogP) is 0.229. The van der Waals surface area contributed by atoms with Crippen molar-refractivity contribution in [2.75, 3.05) is 37.5 Å². The van der Waals surface area contributed by atoms with Gasteiger partial charge in [0.05, 0.1) is 18.3 Å². The molecule has 1 aromatic rings. The molecule has 2 aliphatic heterocycles. The topological polar surface area (TPSA) is 97.8 Å². The van der Waals surface area contributed by atoms with Crippen LogP contribution in [-0.2, 0) is 6.42 Å². The van der Waals surface area contributed by atoms with E-state index in [0.717, 1.165) is 22.2 Å². The molecule has 3 rings (SSSR count). The number of rotatable bonds is 3. The van der Waals surface area contributed by atoms with E-state index in [1.165, 1.54) is 0 Å². The van der Waals surface area contributed by atoms with Crippen molar-refractivity contribution in [3.63, 3.8) is 0 Å². The molecule has 114 valence electrons. The van der Waals surface area contributed by atoms with Crippen molar-refractivity contribution in [2.24, 2.45) is 10.8 Å². The SMILES string of the molecule is CN(C)CC(N)C1=NN(O)c2cc3c(cc2N1O)CCO3. The molecule has 2 heterocycles. The Kier molecular flexibility index (Phi) is 3.46. The Morgan fingerprint density at radius 3 is 2.86 bits per heavy atom. The largest absolute Gasteiger partial charge is 0.493 e. The number of nitrogens with two attached hydrogens (primary N) is 1. The number of anilines is 2. The molecule has 0 aliphatic carbocycles. The summed E-state index contributed by atoms with van der Waals surface area (Å²) in [7, 11) is 3.75. The van der Waals surface area contributed by atoms with E-state index in [9.17, 15) is 10.4 Å². The molecule has 0 spiro atoms. The minimum absolute atomic E-state index is 0.192. The van der Waals surface area contributed by atoms with Gasteiger partial charge in [0.2, 0.25) is 0 Å².